The average Bonchev–Trinajstić information content (AvgIpc) is 3.25. The normalized spacial score (nSPS) is 13.0. The number of nitrogens with one attached hydrogen (secondary N) is 1. The number of hydrogen-bond acceptors (Lipinski definition) is 6. The third-order valence-corrected chi connectivity index (χ3v) is 6.12. The number of carboxylic acid groups (broad SMARTS) is 1. The molecule has 0 saturated carbocycles. The number of alkyl halides is 3. The Hall–Kier alpha value is -2.84. The molecule has 4 N–H and O–H groups in total. The molecule has 3 rings (SSSR count). The molecule has 14 heteroatoms. The number of carbonyl (C=O) groups is 2. The number of hydrogen-bond donors (Lipinski definition) is 4. The summed E-state index contributed by atoms with van der Waals surface area (Å²) in [7, 11) is 0. The molecule has 2 aromatic heterocycles. The molecule has 0 aliphatic carbocycles. The Bertz CT molecular complexity index is 1320. The summed E-state index contributed by atoms with van der Waals surface area (Å²) in [6.07, 6.45) is -6.22. The Balaban J connectivity index is 0.00000441. The Morgan fingerprint density at radius 3 is 2.27 bits per heavy atom. The molecule has 0 aliphatic rings. The standard InChI is InChI=1S/C27H30F4N4O5.Na.H/c1-15(2)24-21(9-8-19(36)11-20(37)12-23(38)39)35(18-6-4-17(28)5-7-18)34-25(24)26(40)33-14-16-3-10-22(32-13-16)27(29,30)31;;/h3-7,10,13,15,19-20,36-37H,8-9,11-12,14H2,1-2H3,(H,33,40)(H,38,39);;/q;+1;-1/t19-,20-;;/m1../s1. The van der Waals surface area contributed by atoms with Gasteiger partial charge in [-0.2, -0.15) is 18.3 Å². The second-order valence-corrected chi connectivity index (χ2v) is 9.66. The van der Waals surface area contributed by atoms with Crippen LogP contribution < -0.4 is 34.9 Å². The third-order valence-electron chi connectivity index (χ3n) is 6.12. The van der Waals surface area contributed by atoms with Crippen LogP contribution in [0.3, 0.4) is 0 Å². The topological polar surface area (TPSA) is 138 Å². The minimum absolute atomic E-state index is 0. The summed E-state index contributed by atoms with van der Waals surface area (Å²) in [6, 6.07) is 7.43. The number of aliphatic hydroxyl groups is 2. The largest absolute Gasteiger partial charge is 1.00 e. The molecule has 218 valence electrons. The zero-order chi connectivity index (χ0) is 29.6. The van der Waals surface area contributed by atoms with Crippen LogP contribution in [0.2, 0.25) is 0 Å². The van der Waals surface area contributed by atoms with Crippen LogP contribution in [-0.2, 0) is 23.9 Å². The van der Waals surface area contributed by atoms with E-state index in [1.54, 1.807) is 0 Å². The second-order valence-electron chi connectivity index (χ2n) is 9.66. The molecule has 2 atom stereocenters. The van der Waals surface area contributed by atoms with Gasteiger partial charge in [0.2, 0.25) is 0 Å². The van der Waals surface area contributed by atoms with Crippen LogP contribution >= 0.6 is 0 Å². The molecule has 41 heavy (non-hydrogen) atoms. The fourth-order valence-electron chi connectivity index (χ4n) is 4.26. The molecule has 3 aromatic rings. The third kappa shape index (κ3) is 9.60. The van der Waals surface area contributed by atoms with Crippen molar-refractivity contribution in [2.24, 2.45) is 0 Å². The molecule has 0 spiro atoms. The summed E-state index contributed by atoms with van der Waals surface area (Å²) >= 11 is 0. The predicted octanol–water partition coefficient (Wildman–Crippen LogP) is 1.11. The van der Waals surface area contributed by atoms with E-state index in [-0.39, 0.29) is 68.4 Å². The number of carboxylic acids is 1. The molecule has 9 nitrogen and oxygen atoms in total. The Kier molecular flexibility index (Phi) is 12.5. The van der Waals surface area contributed by atoms with E-state index in [1.165, 1.54) is 35.0 Å². The van der Waals surface area contributed by atoms with Crippen LogP contribution in [0, 0.1) is 5.82 Å². The first kappa shape index (κ1) is 34.4. The molecule has 1 amide bonds. The molecule has 2 heterocycles. The van der Waals surface area contributed by atoms with Gasteiger partial charge in [-0.3, -0.25) is 14.6 Å². The fourth-order valence-corrected chi connectivity index (χ4v) is 4.26. The second kappa shape index (κ2) is 14.9. The van der Waals surface area contributed by atoms with Crippen LogP contribution in [0.4, 0.5) is 17.6 Å². The minimum atomic E-state index is -4.58. The summed E-state index contributed by atoms with van der Waals surface area (Å²) in [5.41, 5.74) is 0.887. The molecular formula is C27H31F4N4NaO5. The van der Waals surface area contributed by atoms with Crippen molar-refractivity contribution in [1.29, 1.82) is 0 Å². The van der Waals surface area contributed by atoms with Crippen molar-refractivity contribution in [1.82, 2.24) is 20.1 Å². The summed E-state index contributed by atoms with van der Waals surface area (Å²) < 4.78 is 53.4. The quantitative estimate of drug-likeness (QED) is 0.183. The number of amides is 1. The van der Waals surface area contributed by atoms with Gasteiger partial charge in [-0.25, -0.2) is 9.07 Å². The van der Waals surface area contributed by atoms with Crippen molar-refractivity contribution < 1.29 is 73.5 Å². The van der Waals surface area contributed by atoms with Crippen LogP contribution in [0.1, 0.15) is 73.5 Å². The number of nitrogens with zero attached hydrogens (tertiary/aromatic N) is 3. The van der Waals surface area contributed by atoms with Crippen LogP contribution in [0.25, 0.3) is 5.69 Å². The van der Waals surface area contributed by atoms with Gasteiger partial charge in [-0.05, 0) is 61.1 Å². The molecule has 0 aliphatic heterocycles. The van der Waals surface area contributed by atoms with Crippen molar-refractivity contribution in [2.45, 2.75) is 70.4 Å². The predicted molar refractivity (Wildman–Crippen MR) is 136 cm³/mol. The van der Waals surface area contributed by atoms with Crippen LogP contribution in [0.5, 0.6) is 0 Å². The maximum Gasteiger partial charge on any atom is 1.00 e. The maximum atomic E-state index is 13.6. The van der Waals surface area contributed by atoms with Gasteiger partial charge in [0.05, 0.1) is 24.3 Å². The average molecular weight is 591 g/mol. The van der Waals surface area contributed by atoms with E-state index < -0.39 is 48.2 Å². The molecular weight excluding hydrogens is 559 g/mol. The van der Waals surface area contributed by atoms with Crippen molar-refractivity contribution in [3.8, 4) is 5.69 Å². The van der Waals surface area contributed by atoms with Gasteiger partial charge in [0.15, 0.2) is 5.69 Å². The molecule has 0 saturated heterocycles. The number of aromatic nitrogens is 3. The maximum absolute atomic E-state index is 13.6. The van der Waals surface area contributed by atoms with Crippen molar-refractivity contribution >= 4 is 11.9 Å². The zero-order valence-electron chi connectivity index (χ0n) is 23.8. The molecule has 0 fully saturated rings. The zero-order valence-corrected chi connectivity index (χ0v) is 24.8. The summed E-state index contributed by atoms with van der Waals surface area (Å²) in [4.78, 5) is 27.4. The Morgan fingerprint density at radius 1 is 1.07 bits per heavy atom. The summed E-state index contributed by atoms with van der Waals surface area (Å²) in [5.74, 6) is -2.50. The molecule has 0 bridgehead atoms. The number of halogens is 4. The first-order valence-electron chi connectivity index (χ1n) is 12.5. The van der Waals surface area contributed by atoms with Crippen LogP contribution in [0.15, 0.2) is 42.6 Å². The SMILES string of the molecule is CC(C)c1c(C(=O)NCc2ccc(C(F)(F)F)nc2)nn(-c2ccc(F)cc2)c1CC[C@@H](O)C[C@@H](O)CC(=O)O.[H-].[Na+]. The summed E-state index contributed by atoms with van der Waals surface area (Å²) in [6.45, 7) is 3.55. The van der Waals surface area contributed by atoms with Crippen molar-refractivity contribution in [3.63, 3.8) is 0 Å². The monoisotopic (exact) mass is 590 g/mol. The number of rotatable bonds is 12. The Morgan fingerprint density at radius 2 is 1.73 bits per heavy atom. The first-order valence-corrected chi connectivity index (χ1v) is 12.5. The van der Waals surface area contributed by atoms with Gasteiger partial charge >= 0.3 is 41.7 Å². The van der Waals surface area contributed by atoms with E-state index in [1.807, 2.05) is 13.8 Å². The van der Waals surface area contributed by atoms with E-state index in [0.29, 0.717) is 22.5 Å². The van der Waals surface area contributed by atoms with E-state index >= 15 is 0 Å². The summed E-state index contributed by atoms with van der Waals surface area (Å²) in [5, 5.41) is 36.3. The van der Waals surface area contributed by atoms with Gasteiger partial charge in [-0.1, -0.05) is 19.9 Å². The van der Waals surface area contributed by atoms with Gasteiger partial charge in [-0.15, -0.1) is 0 Å². The first-order chi connectivity index (χ1) is 18.8. The smallest absolute Gasteiger partial charge is 1.00 e. The fraction of sp³-hybridized carbons (Fsp3) is 0.407. The van der Waals surface area contributed by atoms with E-state index in [9.17, 15) is 37.4 Å². The molecule has 1 aromatic carbocycles. The van der Waals surface area contributed by atoms with E-state index in [0.717, 1.165) is 12.3 Å². The number of carbonyl (C=O) groups excluding carboxylic acids is 1. The van der Waals surface area contributed by atoms with Crippen LogP contribution in [-0.4, -0.2) is 54.2 Å². The minimum Gasteiger partial charge on any atom is -1.00 e. The Labute approximate surface area is 257 Å². The van der Waals surface area contributed by atoms with Gasteiger partial charge in [0.25, 0.3) is 5.91 Å². The van der Waals surface area contributed by atoms with E-state index in [4.69, 9.17) is 5.11 Å². The molecule has 0 radical (unpaired) electrons. The van der Waals surface area contributed by atoms with Crippen molar-refractivity contribution in [2.75, 3.05) is 0 Å². The van der Waals surface area contributed by atoms with E-state index in [2.05, 4.69) is 15.4 Å². The number of aliphatic carboxylic acids is 1. The van der Waals surface area contributed by atoms with Gasteiger partial charge in [0.1, 0.15) is 11.5 Å². The number of aliphatic hydroxyl groups excluding tert-OH is 2. The van der Waals surface area contributed by atoms with Gasteiger partial charge in [0, 0.05) is 24.0 Å². The van der Waals surface area contributed by atoms with Crippen molar-refractivity contribution in [3.05, 3.63) is 76.6 Å². The number of pyridine rings is 1. The van der Waals surface area contributed by atoms with Gasteiger partial charge < -0.3 is 22.1 Å². The number of benzene rings is 1. The molecule has 0 unspecified atom stereocenters.